The molecule has 3 aromatic rings. The van der Waals surface area contributed by atoms with Crippen LogP contribution >= 0.6 is 11.3 Å². The monoisotopic (exact) mass is 287 g/mol. The number of thiophene rings is 1. The van der Waals surface area contributed by atoms with E-state index in [0.29, 0.717) is 11.7 Å². The molecule has 1 unspecified atom stereocenters. The van der Waals surface area contributed by atoms with Gasteiger partial charge in [-0.1, -0.05) is 5.16 Å². The maximum atomic E-state index is 5.45. The Morgan fingerprint density at radius 3 is 3.30 bits per heavy atom. The molecular formula is C13H13N5OS. The molecular weight excluding hydrogens is 274 g/mol. The number of rotatable bonds is 2. The third kappa shape index (κ3) is 1.78. The van der Waals surface area contributed by atoms with Crippen molar-refractivity contribution in [3.8, 4) is 11.5 Å². The van der Waals surface area contributed by atoms with Crippen molar-refractivity contribution in [2.75, 3.05) is 6.54 Å². The number of imidazole rings is 1. The van der Waals surface area contributed by atoms with Crippen LogP contribution in [0.1, 0.15) is 22.4 Å². The van der Waals surface area contributed by atoms with Gasteiger partial charge in [0.1, 0.15) is 11.7 Å². The fraction of sp³-hybridized carbons (Fsp3) is 0.308. The highest BCUT2D eigenvalue weighted by atomic mass is 32.1. The van der Waals surface area contributed by atoms with E-state index in [1.54, 1.807) is 23.9 Å². The average Bonchev–Trinajstić information content (AvgIpc) is 3.17. The van der Waals surface area contributed by atoms with Crippen molar-refractivity contribution in [2.45, 2.75) is 12.5 Å². The quantitative estimate of drug-likeness (QED) is 0.778. The first-order chi connectivity index (χ1) is 9.83. The lowest BCUT2D eigenvalue weighted by molar-refractivity contribution is 0.344. The first-order valence-corrected chi connectivity index (χ1v) is 7.31. The number of aryl methyl sites for hydroxylation is 1. The summed E-state index contributed by atoms with van der Waals surface area (Å²) < 4.78 is 7.32. The van der Waals surface area contributed by atoms with E-state index in [9.17, 15) is 0 Å². The molecule has 0 spiro atoms. The summed E-state index contributed by atoms with van der Waals surface area (Å²) in [4.78, 5) is 9.99. The zero-order chi connectivity index (χ0) is 13.5. The summed E-state index contributed by atoms with van der Waals surface area (Å²) >= 11 is 1.79. The summed E-state index contributed by atoms with van der Waals surface area (Å²) in [6, 6.07) is 2.13. The minimum Gasteiger partial charge on any atom is -0.337 e. The third-order valence-corrected chi connectivity index (χ3v) is 4.52. The van der Waals surface area contributed by atoms with E-state index in [0.717, 1.165) is 18.7 Å². The van der Waals surface area contributed by atoms with Crippen molar-refractivity contribution >= 4 is 11.3 Å². The van der Waals surface area contributed by atoms with Crippen LogP contribution in [0.15, 0.2) is 28.5 Å². The molecule has 0 amide bonds. The Hall–Kier alpha value is -1.99. The van der Waals surface area contributed by atoms with Gasteiger partial charge in [0.05, 0.1) is 12.5 Å². The molecule has 4 heterocycles. The Balaban J connectivity index is 1.72. The second-order valence-corrected chi connectivity index (χ2v) is 5.78. The van der Waals surface area contributed by atoms with Crippen molar-refractivity contribution in [1.82, 2.24) is 25.0 Å². The SMILES string of the molecule is Cn1cncc1-c1noc(C2NCCc3sccc32)n1. The second kappa shape index (κ2) is 4.53. The Morgan fingerprint density at radius 1 is 1.50 bits per heavy atom. The number of nitrogens with zero attached hydrogens (tertiary/aromatic N) is 4. The van der Waals surface area contributed by atoms with Gasteiger partial charge in [-0.25, -0.2) is 4.98 Å². The van der Waals surface area contributed by atoms with Gasteiger partial charge >= 0.3 is 0 Å². The van der Waals surface area contributed by atoms with Crippen LogP contribution in [0.25, 0.3) is 11.5 Å². The number of hydrogen-bond acceptors (Lipinski definition) is 6. The summed E-state index contributed by atoms with van der Waals surface area (Å²) in [5, 5.41) is 9.62. The Labute approximate surface area is 119 Å². The zero-order valence-corrected chi connectivity index (χ0v) is 11.7. The van der Waals surface area contributed by atoms with Crippen LogP contribution in [-0.4, -0.2) is 26.2 Å². The van der Waals surface area contributed by atoms with Crippen LogP contribution in [0.4, 0.5) is 0 Å². The second-order valence-electron chi connectivity index (χ2n) is 4.78. The Morgan fingerprint density at radius 2 is 2.45 bits per heavy atom. The number of aromatic nitrogens is 4. The molecule has 0 bridgehead atoms. The molecule has 0 radical (unpaired) electrons. The van der Waals surface area contributed by atoms with Crippen molar-refractivity contribution in [2.24, 2.45) is 7.05 Å². The van der Waals surface area contributed by atoms with E-state index >= 15 is 0 Å². The molecule has 1 aliphatic rings. The molecule has 0 saturated heterocycles. The van der Waals surface area contributed by atoms with Gasteiger partial charge in [0, 0.05) is 18.5 Å². The minimum absolute atomic E-state index is 0.000484. The van der Waals surface area contributed by atoms with Gasteiger partial charge in [0.25, 0.3) is 0 Å². The van der Waals surface area contributed by atoms with Crippen LogP contribution in [-0.2, 0) is 13.5 Å². The molecule has 0 aromatic carbocycles. The largest absolute Gasteiger partial charge is 0.337 e. The lowest BCUT2D eigenvalue weighted by atomic mass is 10.0. The predicted molar refractivity (Wildman–Crippen MR) is 74.4 cm³/mol. The van der Waals surface area contributed by atoms with Gasteiger partial charge < -0.3 is 14.4 Å². The van der Waals surface area contributed by atoms with E-state index in [-0.39, 0.29) is 6.04 Å². The Kier molecular flexibility index (Phi) is 2.68. The van der Waals surface area contributed by atoms with E-state index in [4.69, 9.17) is 4.52 Å². The van der Waals surface area contributed by atoms with Crippen LogP contribution in [0, 0.1) is 0 Å². The van der Waals surface area contributed by atoms with Crippen molar-refractivity contribution < 1.29 is 4.52 Å². The highest BCUT2D eigenvalue weighted by Crippen LogP contribution is 2.31. The molecule has 1 N–H and O–H groups in total. The highest BCUT2D eigenvalue weighted by molar-refractivity contribution is 7.10. The average molecular weight is 287 g/mol. The molecule has 0 aliphatic carbocycles. The van der Waals surface area contributed by atoms with Gasteiger partial charge in [0.2, 0.25) is 11.7 Å². The summed E-state index contributed by atoms with van der Waals surface area (Å²) in [6.45, 7) is 0.932. The molecule has 0 saturated carbocycles. The van der Waals surface area contributed by atoms with Crippen molar-refractivity contribution in [3.05, 3.63) is 40.3 Å². The molecule has 6 nitrogen and oxygen atoms in total. The summed E-state index contributed by atoms with van der Waals surface area (Å²) in [7, 11) is 1.91. The summed E-state index contributed by atoms with van der Waals surface area (Å²) in [5.41, 5.74) is 2.10. The van der Waals surface area contributed by atoms with E-state index in [1.807, 2.05) is 11.6 Å². The lowest BCUT2D eigenvalue weighted by Gasteiger charge is -2.20. The van der Waals surface area contributed by atoms with Crippen molar-refractivity contribution in [3.63, 3.8) is 0 Å². The standard InChI is InChI=1S/C13H13N5OS/c1-18-7-14-6-9(18)12-16-13(19-17-12)11-8-3-5-20-10(8)2-4-15-11/h3,5-7,11,15H,2,4H2,1H3. The molecule has 1 atom stereocenters. The fourth-order valence-electron chi connectivity index (χ4n) is 2.50. The minimum atomic E-state index is -0.000484. The first kappa shape index (κ1) is 11.8. The Bertz CT molecular complexity index is 743. The van der Waals surface area contributed by atoms with E-state index in [1.165, 1.54) is 10.4 Å². The molecule has 3 aromatic heterocycles. The molecule has 4 rings (SSSR count). The highest BCUT2D eigenvalue weighted by Gasteiger charge is 2.27. The summed E-state index contributed by atoms with van der Waals surface area (Å²) in [5.74, 6) is 1.18. The van der Waals surface area contributed by atoms with Gasteiger partial charge in [-0.3, -0.25) is 0 Å². The van der Waals surface area contributed by atoms with Crippen LogP contribution in [0.3, 0.4) is 0 Å². The molecule has 102 valence electrons. The van der Waals surface area contributed by atoms with Gasteiger partial charge in [-0.2, -0.15) is 4.98 Å². The summed E-state index contributed by atoms with van der Waals surface area (Å²) in [6.07, 6.45) is 4.52. The van der Waals surface area contributed by atoms with Gasteiger partial charge in [-0.05, 0) is 23.4 Å². The number of nitrogens with one attached hydrogen (secondary N) is 1. The zero-order valence-electron chi connectivity index (χ0n) is 10.9. The molecule has 7 heteroatoms. The van der Waals surface area contributed by atoms with E-state index < -0.39 is 0 Å². The van der Waals surface area contributed by atoms with Crippen LogP contribution < -0.4 is 5.32 Å². The van der Waals surface area contributed by atoms with E-state index in [2.05, 4.69) is 31.9 Å². The smallest absolute Gasteiger partial charge is 0.248 e. The van der Waals surface area contributed by atoms with Crippen LogP contribution in [0.5, 0.6) is 0 Å². The van der Waals surface area contributed by atoms with Crippen LogP contribution in [0.2, 0.25) is 0 Å². The molecule has 20 heavy (non-hydrogen) atoms. The molecule has 1 aliphatic heterocycles. The van der Waals surface area contributed by atoms with Gasteiger partial charge in [-0.15, -0.1) is 11.3 Å². The topological polar surface area (TPSA) is 68.8 Å². The van der Waals surface area contributed by atoms with Crippen molar-refractivity contribution in [1.29, 1.82) is 0 Å². The molecule has 0 fully saturated rings. The lowest BCUT2D eigenvalue weighted by Crippen LogP contribution is -2.29. The maximum absolute atomic E-state index is 5.45. The fourth-order valence-corrected chi connectivity index (χ4v) is 3.42. The number of hydrogen-bond donors (Lipinski definition) is 1. The normalized spacial score (nSPS) is 18.1. The third-order valence-electron chi connectivity index (χ3n) is 3.53. The number of fused-ring (bicyclic) bond motifs is 1. The first-order valence-electron chi connectivity index (χ1n) is 6.43. The van der Waals surface area contributed by atoms with Gasteiger partial charge in [0.15, 0.2) is 0 Å². The maximum Gasteiger partial charge on any atom is 0.248 e. The predicted octanol–water partition coefficient (Wildman–Crippen LogP) is 1.77.